The summed E-state index contributed by atoms with van der Waals surface area (Å²) in [6, 6.07) is 3.22. The molecule has 0 aromatic heterocycles. The molecule has 3 nitrogen and oxygen atoms in total. The summed E-state index contributed by atoms with van der Waals surface area (Å²) in [6.07, 6.45) is -0.569. The zero-order valence-corrected chi connectivity index (χ0v) is 6.92. The summed E-state index contributed by atoms with van der Waals surface area (Å²) in [4.78, 5) is 10.3. The first-order chi connectivity index (χ1) is 6.56. The average molecular weight is 197 g/mol. The molecule has 5 heteroatoms. The van der Waals surface area contributed by atoms with Gasteiger partial charge in [0.25, 0.3) is 0 Å². The summed E-state index contributed by atoms with van der Waals surface area (Å²) in [6.45, 7) is 0. The predicted octanol–water partition coefficient (Wildman–Crippen LogP) is 1.46. The monoisotopic (exact) mass is 197 g/mol. The lowest BCUT2D eigenvalue weighted by Crippen LogP contribution is -2.04. The van der Waals surface area contributed by atoms with Crippen molar-refractivity contribution in [2.75, 3.05) is 0 Å². The van der Waals surface area contributed by atoms with Crippen LogP contribution in [-0.2, 0) is 11.2 Å². The number of carboxylic acid groups (broad SMARTS) is 1. The minimum Gasteiger partial charge on any atom is -0.481 e. The Bertz CT molecular complexity index is 424. The first-order valence-electron chi connectivity index (χ1n) is 3.65. The van der Waals surface area contributed by atoms with Gasteiger partial charge in [0.1, 0.15) is 23.3 Å². The van der Waals surface area contributed by atoms with Crippen molar-refractivity contribution in [2.45, 2.75) is 6.42 Å². The largest absolute Gasteiger partial charge is 0.481 e. The van der Waals surface area contributed by atoms with E-state index in [-0.39, 0.29) is 5.56 Å². The molecule has 0 spiro atoms. The van der Waals surface area contributed by atoms with E-state index in [1.807, 2.05) is 0 Å². The van der Waals surface area contributed by atoms with Gasteiger partial charge in [0.15, 0.2) is 0 Å². The van der Waals surface area contributed by atoms with E-state index in [1.165, 1.54) is 6.07 Å². The van der Waals surface area contributed by atoms with E-state index in [0.29, 0.717) is 0 Å². The molecule has 0 unspecified atom stereocenters. The smallest absolute Gasteiger partial charge is 0.307 e. The number of hydrogen-bond acceptors (Lipinski definition) is 2. The Hall–Kier alpha value is -1.96. The van der Waals surface area contributed by atoms with Crippen molar-refractivity contribution >= 4 is 5.97 Å². The van der Waals surface area contributed by atoms with E-state index in [2.05, 4.69) is 0 Å². The third-order valence-electron chi connectivity index (χ3n) is 1.62. The van der Waals surface area contributed by atoms with Crippen LogP contribution in [0.15, 0.2) is 12.1 Å². The Balaban J connectivity index is 3.23. The summed E-state index contributed by atoms with van der Waals surface area (Å²) in [5.41, 5.74) is -0.945. The Labute approximate surface area is 78.2 Å². The highest BCUT2D eigenvalue weighted by Crippen LogP contribution is 2.16. The van der Waals surface area contributed by atoms with E-state index in [9.17, 15) is 13.6 Å². The zero-order valence-electron chi connectivity index (χ0n) is 6.92. The van der Waals surface area contributed by atoms with Crippen molar-refractivity contribution in [3.63, 3.8) is 0 Å². The predicted molar refractivity (Wildman–Crippen MR) is 42.4 cm³/mol. The SMILES string of the molecule is N#Cc1c(F)ccc(CC(=O)O)c1F. The van der Waals surface area contributed by atoms with E-state index in [1.54, 1.807) is 0 Å². The van der Waals surface area contributed by atoms with Crippen molar-refractivity contribution in [1.82, 2.24) is 0 Å². The zero-order chi connectivity index (χ0) is 10.7. The van der Waals surface area contributed by atoms with E-state index >= 15 is 0 Å². The molecule has 0 saturated heterocycles. The van der Waals surface area contributed by atoms with Gasteiger partial charge in [0.2, 0.25) is 0 Å². The van der Waals surface area contributed by atoms with Crippen LogP contribution in [0.3, 0.4) is 0 Å². The molecule has 0 aliphatic rings. The Morgan fingerprint density at radius 3 is 2.64 bits per heavy atom. The Morgan fingerprint density at radius 1 is 1.50 bits per heavy atom. The van der Waals surface area contributed by atoms with Crippen LogP contribution < -0.4 is 0 Å². The molecule has 1 aromatic rings. The van der Waals surface area contributed by atoms with Crippen LogP contribution in [0.1, 0.15) is 11.1 Å². The summed E-state index contributed by atoms with van der Waals surface area (Å²) < 4.78 is 25.9. The van der Waals surface area contributed by atoms with E-state index in [4.69, 9.17) is 10.4 Å². The van der Waals surface area contributed by atoms with Gasteiger partial charge >= 0.3 is 5.97 Å². The molecule has 0 fully saturated rings. The van der Waals surface area contributed by atoms with Crippen LogP contribution in [0.2, 0.25) is 0 Å². The number of nitriles is 1. The number of benzene rings is 1. The van der Waals surface area contributed by atoms with Gasteiger partial charge in [-0.3, -0.25) is 4.79 Å². The number of aliphatic carboxylic acids is 1. The maximum absolute atomic E-state index is 13.2. The molecule has 0 atom stereocenters. The lowest BCUT2D eigenvalue weighted by atomic mass is 10.1. The number of hydrogen-bond donors (Lipinski definition) is 1. The van der Waals surface area contributed by atoms with Gasteiger partial charge in [0.05, 0.1) is 6.42 Å². The van der Waals surface area contributed by atoms with Crippen LogP contribution >= 0.6 is 0 Å². The first-order valence-corrected chi connectivity index (χ1v) is 3.65. The minimum absolute atomic E-state index is 0.199. The van der Waals surface area contributed by atoms with Crippen LogP contribution in [-0.4, -0.2) is 11.1 Å². The van der Waals surface area contributed by atoms with Crippen LogP contribution in [0.25, 0.3) is 0 Å². The molecule has 0 saturated carbocycles. The van der Waals surface area contributed by atoms with Crippen molar-refractivity contribution in [2.24, 2.45) is 0 Å². The molecule has 1 rings (SSSR count). The third-order valence-corrected chi connectivity index (χ3v) is 1.62. The maximum atomic E-state index is 13.2. The van der Waals surface area contributed by atoms with Gasteiger partial charge < -0.3 is 5.11 Å². The number of carbonyl (C=O) groups is 1. The molecule has 0 aliphatic carbocycles. The van der Waals surface area contributed by atoms with Gasteiger partial charge in [-0.25, -0.2) is 8.78 Å². The van der Waals surface area contributed by atoms with Crippen molar-refractivity contribution in [3.8, 4) is 6.07 Å². The van der Waals surface area contributed by atoms with Crippen LogP contribution in [0.5, 0.6) is 0 Å². The highest BCUT2D eigenvalue weighted by atomic mass is 19.1. The van der Waals surface area contributed by atoms with Gasteiger partial charge in [-0.2, -0.15) is 5.26 Å². The lowest BCUT2D eigenvalue weighted by Gasteiger charge is -2.01. The second kappa shape index (κ2) is 3.83. The first kappa shape index (κ1) is 10.1. The van der Waals surface area contributed by atoms with Gasteiger partial charge in [0, 0.05) is 5.56 Å². The molecule has 0 bridgehead atoms. The van der Waals surface area contributed by atoms with Gasteiger partial charge in [-0.05, 0) is 6.07 Å². The second-order valence-electron chi connectivity index (χ2n) is 2.58. The second-order valence-corrected chi connectivity index (χ2v) is 2.58. The molecular formula is C9H5F2NO2. The van der Waals surface area contributed by atoms with Crippen LogP contribution in [0, 0.1) is 23.0 Å². The standard InChI is InChI=1S/C9H5F2NO2/c10-7-2-1-5(3-8(13)14)9(11)6(7)4-12/h1-2H,3H2,(H,13,14). The summed E-state index contributed by atoms with van der Waals surface area (Å²) >= 11 is 0. The van der Waals surface area contributed by atoms with E-state index < -0.39 is 29.6 Å². The number of nitrogens with zero attached hydrogens (tertiary/aromatic N) is 1. The normalized spacial score (nSPS) is 9.50. The fraction of sp³-hybridized carbons (Fsp3) is 0.111. The summed E-state index contributed by atoms with van der Waals surface area (Å²) in [5, 5.41) is 16.8. The van der Waals surface area contributed by atoms with Gasteiger partial charge in [-0.15, -0.1) is 0 Å². The fourth-order valence-electron chi connectivity index (χ4n) is 0.998. The highest BCUT2D eigenvalue weighted by molar-refractivity contribution is 5.70. The minimum atomic E-state index is -1.24. The molecule has 14 heavy (non-hydrogen) atoms. The fourth-order valence-corrected chi connectivity index (χ4v) is 0.998. The molecule has 1 aromatic carbocycles. The molecule has 0 amide bonds. The Morgan fingerprint density at radius 2 is 2.14 bits per heavy atom. The molecule has 1 N–H and O–H groups in total. The molecule has 0 heterocycles. The summed E-state index contributed by atoms with van der Waals surface area (Å²) in [5.74, 6) is -3.33. The molecule has 72 valence electrons. The number of rotatable bonds is 2. The van der Waals surface area contributed by atoms with Gasteiger partial charge in [-0.1, -0.05) is 6.07 Å². The van der Waals surface area contributed by atoms with E-state index in [0.717, 1.165) is 12.1 Å². The maximum Gasteiger partial charge on any atom is 0.307 e. The average Bonchev–Trinajstić information content (AvgIpc) is 2.10. The lowest BCUT2D eigenvalue weighted by molar-refractivity contribution is -0.136. The molecule has 0 aliphatic heterocycles. The van der Waals surface area contributed by atoms with Crippen LogP contribution in [0.4, 0.5) is 8.78 Å². The van der Waals surface area contributed by atoms with Crippen molar-refractivity contribution < 1.29 is 18.7 Å². The number of carboxylic acids is 1. The van der Waals surface area contributed by atoms with Crippen molar-refractivity contribution in [1.29, 1.82) is 5.26 Å². The number of halogens is 2. The Kier molecular flexibility index (Phi) is 2.77. The quantitative estimate of drug-likeness (QED) is 0.780. The van der Waals surface area contributed by atoms with Crippen molar-refractivity contribution in [3.05, 3.63) is 34.9 Å². The third kappa shape index (κ3) is 1.85. The summed E-state index contributed by atoms with van der Waals surface area (Å²) in [7, 11) is 0. The molecular weight excluding hydrogens is 192 g/mol. The topological polar surface area (TPSA) is 61.1 Å². The highest BCUT2D eigenvalue weighted by Gasteiger charge is 2.14. The molecule has 0 radical (unpaired) electrons.